The molecule has 0 aliphatic carbocycles. The summed E-state index contributed by atoms with van der Waals surface area (Å²) < 4.78 is 0. The third-order valence-electron chi connectivity index (χ3n) is 5.07. The number of carbonyl (C=O) groups is 2. The first-order chi connectivity index (χ1) is 13.5. The molecule has 3 amide bonds. The average Bonchev–Trinajstić information content (AvgIpc) is 3.01. The van der Waals surface area contributed by atoms with Crippen LogP contribution in [0.1, 0.15) is 48.7 Å². The van der Waals surface area contributed by atoms with E-state index >= 15 is 0 Å². The lowest BCUT2D eigenvalue weighted by molar-refractivity contribution is 0.0981. The van der Waals surface area contributed by atoms with E-state index in [2.05, 4.69) is 37.5 Å². The van der Waals surface area contributed by atoms with Crippen LogP contribution >= 0.6 is 0 Å². The molecule has 0 spiro atoms. The van der Waals surface area contributed by atoms with Crippen LogP contribution in [0.25, 0.3) is 0 Å². The predicted molar refractivity (Wildman–Crippen MR) is 113 cm³/mol. The minimum Gasteiger partial charge on any atom is -0.338 e. The number of nitrogens with zero attached hydrogens (tertiary/aromatic N) is 1. The van der Waals surface area contributed by atoms with Gasteiger partial charge in [0.05, 0.1) is 0 Å². The molecule has 1 heterocycles. The van der Waals surface area contributed by atoms with E-state index in [0.717, 1.165) is 24.1 Å². The second-order valence-corrected chi connectivity index (χ2v) is 7.85. The molecule has 2 N–H and O–H groups in total. The summed E-state index contributed by atoms with van der Waals surface area (Å²) in [6.07, 6.45) is 1.80. The normalized spacial score (nSPS) is 15.4. The summed E-state index contributed by atoms with van der Waals surface area (Å²) in [5.41, 5.74) is 3.79. The topological polar surface area (TPSA) is 61.4 Å². The highest BCUT2D eigenvalue weighted by Crippen LogP contribution is 2.34. The van der Waals surface area contributed by atoms with Gasteiger partial charge in [-0.2, -0.15) is 0 Å². The maximum Gasteiger partial charge on any atom is 0.315 e. The third-order valence-corrected chi connectivity index (χ3v) is 5.07. The fourth-order valence-corrected chi connectivity index (χ4v) is 3.51. The molecule has 1 aliphatic rings. The van der Waals surface area contributed by atoms with Crippen molar-refractivity contribution in [2.24, 2.45) is 5.92 Å². The molecule has 2 aromatic carbocycles. The monoisotopic (exact) mass is 379 g/mol. The Balaban J connectivity index is 1.67. The molecule has 0 bridgehead atoms. The van der Waals surface area contributed by atoms with Gasteiger partial charge >= 0.3 is 6.03 Å². The minimum absolute atomic E-state index is 0.0170. The highest BCUT2D eigenvalue weighted by Gasteiger charge is 2.31. The number of benzene rings is 2. The van der Waals surface area contributed by atoms with Crippen LogP contribution in [0.3, 0.4) is 0 Å². The number of rotatable bonds is 6. The first kappa shape index (κ1) is 19.9. The van der Waals surface area contributed by atoms with Gasteiger partial charge in [0.2, 0.25) is 0 Å². The third kappa shape index (κ3) is 4.71. The largest absolute Gasteiger partial charge is 0.338 e. The maximum absolute atomic E-state index is 13.0. The van der Waals surface area contributed by atoms with E-state index in [9.17, 15) is 9.59 Å². The fourth-order valence-electron chi connectivity index (χ4n) is 3.51. The fraction of sp³-hybridized carbons (Fsp3) is 0.391. The van der Waals surface area contributed by atoms with E-state index in [1.54, 1.807) is 0 Å². The summed E-state index contributed by atoms with van der Waals surface area (Å²) in [5.74, 6) is 0.579. The number of fused-ring (bicyclic) bond motifs is 1. The van der Waals surface area contributed by atoms with Gasteiger partial charge in [0, 0.05) is 30.4 Å². The first-order valence-corrected chi connectivity index (χ1v) is 9.98. The van der Waals surface area contributed by atoms with Crippen LogP contribution in [0, 0.1) is 5.92 Å². The Labute approximate surface area is 167 Å². The Kier molecular flexibility index (Phi) is 6.34. The molecule has 0 aromatic heterocycles. The Morgan fingerprint density at radius 2 is 1.86 bits per heavy atom. The summed E-state index contributed by atoms with van der Waals surface area (Å²) in [6, 6.07) is 15.4. The van der Waals surface area contributed by atoms with Crippen molar-refractivity contribution in [2.75, 3.05) is 11.4 Å². The van der Waals surface area contributed by atoms with E-state index in [0.29, 0.717) is 24.6 Å². The quantitative estimate of drug-likeness (QED) is 0.793. The van der Waals surface area contributed by atoms with Crippen molar-refractivity contribution in [1.82, 2.24) is 10.6 Å². The van der Waals surface area contributed by atoms with Crippen molar-refractivity contribution in [1.29, 1.82) is 0 Å². The summed E-state index contributed by atoms with van der Waals surface area (Å²) in [7, 11) is 0. The van der Waals surface area contributed by atoms with Gasteiger partial charge in [-0.3, -0.25) is 4.79 Å². The molecule has 5 heteroatoms. The lowest BCUT2D eigenvalue weighted by Gasteiger charge is -2.23. The van der Waals surface area contributed by atoms with Crippen LogP contribution in [0.2, 0.25) is 0 Å². The molecule has 1 atom stereocenters. The number of hydrogen-bond donors (Lipinski definition) is 2. The highest BCUT2D eigenvalue weighted by atomic mass is 16.2. The second kappa shape index (κ2) is 8.91. The van der Waals surface area contributed by atoms with Crippen LogP contribution in [0.4, 0.5) is 10.5 Å². The summed E-state index contributed by atoms with van der Waals surface area (Å²) in [5, 5.41) is 5.77. The molecule has 1 aliphatic heterocycles. The van der Waals surface area contributed by atoms with Crippen LogP contribution in [0.15, 0.2) is 48.5 Å². The van der Waals surface area contributed by atoms with Gasteiger partial charge in [0.15, 0.2) is 0 Å². The number of carbonyl (C=O) groups excluding carboxylic acids is 2. The highest BCUT2D eigenvalue weighted by molar-refractivity contribution is 6.07. The second-order valence-electron chi connectivity index (χ2n) is 7.85. The van der Waals surface area contributed by atoms with Crippen molar-refractivity contribution in [3.8, 4) is 0 Å². The zero-order valence-electron chi connectivity index (χ0n) is 16.9. The van der Waals surface area contributed by atoms with Crippen LogP contribution in [-0.2, 0) is 13.0 Å². The van der Waals surface area contributed by atoms with Gasteiger partial charge in [-0.05, 0) is 55.0 Å². The van der Waals surface area contributed by atoms with E-state index in [1.807, 2.05) is 47.4 Å². The Bertz CT molecular complexity index is 833. The van der Waals surface area contributed by atoms with E-state index < -0.39 is 0 Å². The number of anilines is 1. The zero-order valence-corrected chi connectivity index (χ0v) is 16.9. The molecular formula is C23H29N3O2. The molecule has 0 radical (unpaired) electrons. The van der Waals surface area contributed by atoms with E-state index in [1.165, 1.54) is 5.56 Å². The molecule has 5 nitrogen and oxygen atoms in total. The number of hydrogen-bond acceptors (Lipinski definition) is 2. The standard InChI is InChI=1S/C23H29N3O2/c1-16(2)11-12-24-23(28)25-15-18-9-10-20-13-17(3)26(21(20)14-18)22(27)19-7-5-4-6-8-19/h4-10,14,16-17H,11-13,15H2,1-3H3,(H2,24,25,28)/t17-/m1/s1. The van der Waals surface area contributed by atoms with Crippen molar-refractivity contribution < 1.29 is 9.59 Å². The molecule has 148 valence electrons. The smallest absolute Gasteiger partial charge is 0.315 e. The van der Waals surface area contributed by atoms with Gasteiger partial charge in [0.25, 0.3) is 5.91 Å². The van der Waals surface area contributed by atoms with E-state index in [4.69, 9.17) is 0 Å². The van der Waals surface area contributed by atoms with Gasteiger partial charge in [-0.25, -0.2) is 4.79 Å². The minimum atomic E-state index is -0.160. The van der Waals surface area contributed by atoms with Crippen molar-refractivity contribution in [3.05, 3.63) is 65.2 Å². The maximum atomic E-state index is 13.0. The molecule has 0 fully saturated rings. The van der Waals surface area contributed by atoms with Crippen molar-refractivity contribution >= 4 is 17.6 Å². The van der Waals surface area contributed by atoms with Crippen molar-refractivity contribution in [2.45, 2.75) is 46.2 Å². The van der Waals surface area contributed by atoms with E-state index in [-0.39, 0.29) is 18.0 Å². The zero-order chi connectivity index (χ0) is 20.1. The van der Waals surface area contributed by atoms with Crippen molar-refractivity contribution in [3.63, 3.8) is 0 Å². The lowest BCUT2D eigenvalue weighted by Crippen LogP contribution is -2.36. The molecular weight excluding hydrogens is 350 g/mol. The number of urea groups is 1. The van der Waals surface area contributed by atoms with Crippen LogP contribution in [0.5, 0.6) is 0 Å². The molecule has 0 saturated carbocycles. The Morgan fingerprint density at radius 1 is 1.11 bits per heavy atom. The molecule has 3 rings (SSSR count). The Morgan fingerprint density at radius 3 is 2.57 bits per heavy atom. The summed E-state index contributed by atoms with van der Waals surface area (Å²) >= 11 is 0. The first-order valence-electron chi connectivity index (χ1n) is 9.98. The molecule has 0 unspecified atom stereocenters. The number of nitrogens with one attached hydrogen (secondary N) is 2. The van der Waals surface area contributed by atoms with Gasteiger partial charge in [0.1, 0.15) is 0 Å². The SMILES string of the molecule is CC(C)CCNC(=O)NCc1ccc2c(c1)N(C(=O)c1ccccc1)[C@H](C)C2. The predicted octanol–water partition coefficient (Wildman–Crippen LogP) is 4.12. The molecule has 2 aromatic rings. The Hall–Kier alpha value is -2.82. The molecule has 28 heavy (non-hydrogen) atoms. The van der Waals surface area contributed by atoms with Gasteiger partial charge in [-0.15, -0.1) is 0 Å². The van der Waals surface area contributed by atoms with Crippen LogP contribution in [-0.4, -0.2) is 24.5 Å². The van der Waals surface area contributed by atoms with Gasteiger partial charge < -0.3 is 15.5 Å². The van der Waals surface area contributed by atoms with Crippen LogP contribution < -0.4 is 15.5 Å². The molecule has 0 saturated heterocycles. The average molecular weight is 380 g/mol. The summed E-state index contributed by atoms with van der Waals surface area (Å²) in [6.45, 7) is 7.44. The number of amides is 3. The summed E-state index contributed by atoms with van der Waals surface area (Å²) in [4.78, 5) is 26.8. The van der Waals surface area contributed by atoms with Gasteiger partial charge in [-0.1, -0.05) is 44.2 Å². The lowest BCUT2D eigenvalue weighted by atomic mass is 10.1.